The van der Waals surface area contributed by atoms with E-state index in [-0.39, 0.29) is 33.9 Å². The van der Waals surface area contributed by atoms with Crippen LogP contribution in [0.2, 0.25) is 0 Å². The summed E-state index contributed by atoms with van der Waals surface area (Å²) in [7, 11) is 0. The van der Waals surface area contributed by atoms with E-state index in [0.29, 0.717) is 0 Å². The van der Waals surface area contributed by atoms with E-state index in [1.807, 2.05) is 0 Å². The maximum Gasteiger partial charge on any atom is 0.333 e. The summed E-state index contributed by atoms with van der Waals surface area (Å²) in [5, 5.41) is 4.54. The summed E-state index contributed by atoms with van der Waals surface area (Å²) in [5.74, 6) is 0. The van der Waals surface area contributed by atoms with Gasteiger partial charge in [-0.25, -0.2) is 0 Å². The van der Waals surface area contributed by atoms with Crippen molar-refractivity contribution >= 4 is 90.1 Å². The Labute approximate surface area is 396 Å². The summed E-state index contributed by atoms with van der Waals surface area (Å²) >= 11 is 0. The van der Waals surface area contributed by atoms with E-state index in [0.717, 1.165) is 80.2 Å². The Morgan fingerprint density at radius 1 is 0.478 bits per heavy atom. The number of hydrogen-bond donors (Lipinski definition) is 0. The second-order valence-corrected chi connectivity index (χ2v) is 24.3. The minimum absolute atomic E-state index is 0.00122. The van der Waals surface area contributed by atoms with E-state index < -0.39 is 0 Å². The highest BCUT2D eigenvalue weighted by Crippen LogP contribution is 2.56. The Balaban J connectivity index is 1.22. The van der Waals surface area contributed by atoms with Gasteiger partial charge in [-0.15, -0.1) is 0 Å². The molecule has 0 spiro atoms. The molecule has 5 heteroatoms. The molecule has 0 atom stereocenters. The predicted octanol–water partition coefficient (Wildman–Crippen LogP) is 16.2. The quantitative estimate of drug-likeness (QED) is 0.162. The van der Waals surface area contributed by atoms with Crippen LogP contribution >= 0.6 is 0 Å². The van der Waals surface area contributed by atoms with Crippen molar-refractivity contribution in [1.82, 2.24) is 0 Å². The molecule has 7 aromatic carbocycles. The van der Waals surface area contributed by atoms with Crippen LogP contribution in [-0.2, 0) is 27.1 Å². The third kappa shape index (κ3) is 5.73. The van der Waals surface area contributed by atoms with E-state index in [9.17, 15) is 0 Å². The van der Waals surface area contributed by atoms with Gasteiger partial charge in [-0.1, -0.05) is 137 Å². The summed E-state index contributed by atoms with van der Waals surface area (Å²) in [6.45, 7) is 26.4. The normalized spacial score (nSPS) is 18.5. The molecule has 0 radical (unpaired) electrons. The van der Waals surface area contributed by atoms with E-state index in [2.05, 4.69) is 207 Å². The molecule has 4 aliphatic rings. The molecule has 0 N–H and O–H groups in total. The number of para-hydroxylation sites is 2. The molecule has 334 valence electrons. The fourth-order valence-electron chi connectivity index (χ4n) is 12.9. The monoisotopic (exact) mass is 876 g/mol. The van der Waals surface area contributed by atoms with Crippen molar-refractivity contribution in [3.8, 4) is 11.1 Å². The van der Waals surface area contributed by atoms with Gasteiger partial charge in [0.1, 0.15) is 16.7 Å². The molecular weight excluding hydrogens is 816 g/mol. The Hall–Kier alpha value is -6.20. The standard InChI is InChI=1S/C62H61BN2O2/c1-58(2,3)36-20-22-37(23-21-36)65-50-35-54-42(39-16-12-14-18-52(39)66-54)31-41(50)43-32-44-40-17-13-15-19-53(40)67-57(44)56-55(43)63(65)49-33-47-48(62(10,11)29-28-61(47,8)9)34-51(49)64(56)38-24-25-45-46(30-38)60(6,7)27-26-59(45,4)5/h12-25,30-35H,26-29H2,1-11H3. The van der Waals surface area contributed by atoms with Crippen molar-refractivity contribution < 1.29 is 8.83 Å². The van der Waals surface area contributed by atoms with Gasteiger partial charge in [-0.2, -0.15) is 0 Å². The molecule has 2 aromatic heterocycles. The van der Waals surface area contributed by atoms with Gasteiger partial charge in [0.2, 0.25) is 0 Å². The largest absolute Gasteiger partial charge is 0.456 e. The third-order valence-electron chi connectivity index (χ3n) is 17.1. The number of fused-ring (bicyclic) bond motifs is 13. The van der Waals surface area contributed by atoms with Crippen LogP contribution in [0.1, 0.15) is 130 Å². The van der Waals surface area contributed by atoms with Gasteiger partial charge in [0, 0.05) is 55.9 Å². The SMILES string of the molecule is CC(C)(C)c1ccc(N2B3c4cc5c(cc4N(c4ccc6c(c4)C(C)(C)CCC6(C)C)c4c3c(cc3c4oc4ccccc43)-c3cc4c(cc32)oc2ccccc24)C(C)(C)CCC5(C)C)cc1. The number of furan rings is 2. The third-order valence-corrected chi connectivity index (χ3v) is 17.1. The number of hydrogen-bond acceptors (Lipinski definition) is 4. The molecule has 9 aromatic rings. The van der Waals surface area contributed by atoms with Crippen molar-refractivity contribution in [3.05, 3.63) is 149 Å². The first-order chi connectivity index (χ1) is 31.8. The summed E-state index contributed by atoms with van der Waals surface area (Å²) < 4.78 is 14.1. The summed E-state index contributed by atoms with van der Waals surface area (Å²) in [6.07, 6.45) is 4.60. The van der Waals surface area contributed by atoms with Gasteiger partial charge in [-0.05, 0) is 152 Å². The minimum Gasteiger partial charge on any atom is -0.456 e. The van der Waals surface area contributed by atoms with Gasteiger partial charge in [0.05, 0.1) is 5.69 Å². The smallest absolute Gasteiger partial charge is 0.333 e. The van der Waals surface area contributed by atoms with E-state index in [1.54, 1.807) is 0 Å². The van der Waals surface area contributed by atoms with Crippen LogP contribution in [0.3, 0.4) is 0 Å². The van der Waals surface area contributed by atoms with Crippen LogP contribution in [0.25, 0.3) is 55.0 Å². The highest BCUT2D eigenvalue weighted by atomic mass is 16.3. The topological polar surface area (TPSA) is 32.8 Å². The summed E-state index contributed by atoms with van der Waals surface area (Å²) in [5.41, 5.74) is 21.9. The van der Waals surface area contributed by atoms with Crippen molar-refractivity contribution in [1.29, 1.82) is 0 Å². The lowest BCUT2D eigenvalue weighted by Crippen LogP contribution is -2.62. The van der Waals surface area contributed by atoms with Crippen molar-refractivity contribution in [2.45, 2.75) is 129 Å². The molecule has 0 amide bonds. The van der Waals surface area contributed by atoms with Crippen LogP contribution < -0.4 is 20.6 Å². The summed E-state index contributed by atoms with van der Waals surface area (Å²) in [4.78, 5) is 5.29. The average Bonchev–Trinajstić information content (AvgIpc) is 3.86. The second-order valence-electron chi connectivity index (χ2n) is 24.3. The zero-order valence-electron chi connectivity index (χ0n) is 41.2. The first-order valence-electron chi connectivity index (χ1n) is 24.8. The number of benzene rings is 7. The molecule has 0 fully saturated rings. The first-order valence-corrected chi connectivity index (χ1v) is 24.8. The zero-order chi connectivity index (χ0) is 46.3. The summed E-state index contributed by atoms with van der Waals surface area (Å²) in [6, 6.07) is 46.5. The van der Waals surface area contributed by atoms with Crippen LogP contribution in [0.4, 0.5) is 28.4 Å². The fraction of sp³-hybridized carbons (Fsp3) is 0.323. The highest BCUT2D eigenvalue weighted by Gasteiger charge is 2.50. The predicted molar refractivity (Wildman–Crippen MR) is 284 cm³/mol. The van der Waals surface area contributed by atoms with Crippen LogP contribution in [0.5, 0.6) is 0 Å². The number of anilines is 5. The molecule has 0 saturated carbocycles. The first kappa shape index (κ1) is 41.0. The molecular formula is C62H61BN2O2. The van der Waals surface area contributed by atoms with Gasteiger partial charge in [0.15, 0.2) is 5.58 Å². The van der Waals surface area contributed by atoms with Crippen molar-refractivity contribution in [3.63, 3.8) is 0 Å². The van der Waals surface area contributed by atoms with Gasteiger partial charge < -0.3 is 18.5 Å². The minimum atomic E-state index is -0.178. The highest BCUT2D eigenvalue weighted by molar-refractivity contribution is 6.94. The van der Waals surface area contributed by atoms with Gasteiger partial charge in [-0.3, -0.25) is 0 Å². The Morgan fingerprint density at radius 3 is 1.69 bits per heavy atom. The maximum atomic E-state index is 7.29. The fourth-order valence-corrected chi connectivity index (χ4v) is 12.9. The molecule has 0 unspecified atom stereocenters. The van der Waals surface area contributed by atoms with Gasteiger partial charge in [0.25, 0.3) is 0 Å². The van der Waals surface area contributed by atoms with Crippen LogP contribution in [0.15, 0.2) is 130 Å². The van der Waals surface area contributed by atoms with Crippen LogP contribution in [-0.4, -0.2) is 6.85 Å². The maximum absolute atomic E-state index is 7.29. The second kappa shape index (κ2) is 13.3. The molecule has 2 aliphatic carbocycles. The molecule has 67 heavy (non-hydrogen) atoms. The van der Waals surface area contributed by atoms with E-state index in [4.69, 9.17) is 8.83 Å². The Kier molecular flexibility index (Phi) is 8.13. The van der Waals surface area contributed by atoms with Crippen molar-refractivity contribution in [2.75, 3.05) is 9.71 Å². The lowest BCUT2D eigenvalue weighted by molar-refractivity contribution is 0.332. The molecule has 4 heterocycles. The lowest BCUT2D eigenvalue weighted by atomic mass is 9.42. The van der Waals surface area contributed by atoms with E-state index in [1.165, 1.54) is 67.7 Å². The average molecular weight is 877 g/mol. The van der Waals surface area contributed by atoms with Crippen LogP contribution in [0, 0.1) is 0 Å². The van der Waals surface area contributed by atoms with Crippen molar-refractivity contribution in [2.24, 2.45) is 0 Å². The molecule has 4 nitrogen and oxygen atoms in total. The molecule has 13 rings (SSSR count). The Morgan fingerprint density at radius 2 is 1.03 bits per heavy atom. The molecule has 0 saturated heterocycles. The lowest BCUT2D eigenvalue weighted by Gasteiger charge is -2.48. The molecule has 2 aliphatic heterocycles. The zero-order valence-corrected chi connectivity index (χ0v) is 41.2. The van der Waals surface area contributed by atoms with E-state index >= 15 is 0 Å². The number of nitrogens with zero attached hydrogens (tertiary/aromatic N) is 2. The molecule has 0 bridgehead atoms. The number of rotatable bonds is 2. The Bertz CT molecular complexity index is 3590. The van der Waals surface area contributed by atoms with Gasteiger partial charge >= 0.3 is 6.85 Å².